The summed E-state index contributed by atoms with van der Waals surface area (Å²) in [6.07, 6.45) is 5.16. The van der Waals surface area contributed by atoms with E-state index in [1.54, 1.807) is 11.8 Å². The summed E-state index contributed by atoms with van der Waals surface area (Å²) in [5.41, 5.74) is 0. The predicted molar refractivity (Wildman–Crippen MR) is 89.6 cm³/mol. The van der Waals surface area contributed by atoms with Gasteiger partial charge in [0.05, 0.1) is 6.54 Å². The van der Waals surface area contributed by atoms with Crippen LogP contribution in [0.1, 0.15) is 53.4 Å². The summed E-state index contributed by atoms with van der Waals surface area (Å²) >= 11 is 1.80. The van der Waals surface area contributed by atoms with E-state index in [1.807, 2.05) is 4.68 Å². The molecule has 0 fully saturated rings. The standard InChI is InChI=1S/C15H31N5S/c1-5-7-8-14(6-2)12-21-15-17-18-19-20(15)10-9-16-11-13(3)4/h13-14,16H,5-12H2,1-4H3. The van der Waals surface area contributed by atoms with Gasteiger partial charge in [0, 0.05) is 12.3 Å². The molecule has 0 saturated carbocycles. The zero-order chi connectivity index (χ0) is 15.5. The Kier molecular flexibility index (Phi) is 9.67. The van der Waals surface area contributed by atoms with Crippen molar-refractivity contribution in [2.45, 2.75) is 65.1 Å². The minimum Gasteiger partial charge on any atom is -0.315 e. The minimum absolute atomic E-state index is 0.677. The molecule has 21 heavy (non-hydrogen) atoms. The Morgan fingerprint density at radius 3 is 2.76 bits per heavy atom. The highest BCUT2D eigenvalue weighted by Crippen LogP contribution is 2.22. The fourth-order valence-electron chi connectivity index (χ4n) is 2.11. The molecule has 0 radical (unpaired) electrons. The van der Waals surface area contributed by atoms with E-state index < -0.39 is 0 Å². The maximum Gasteiger partial charge on any atom is 0.209 e. The second-order valence-corrected chi connectivity index (χ2v) is 7.00. The van der Waals surface area contributed by atoms with Crippen molar-refractivity contribution in [1.82, 2.24) is 25.5 Å². The SMILES string of the molecule is CCCCC(CC)CSc1nnnn1CCNCC(C)C. The van der Waals surface area contributed by atoms with E-state index in [-0.39, 0.29) is 0 Å². The molecule has 1 unspecified atom stereocenters. The van der Waals surface area contributed by atoms with Gasteiger partial charge in [-0.05, 0) is 35.2 Å². The first-order valence-corrected chi connectivity index (χ1v) is 9.25. The first-order valence-electron chi connectivity index (χ1n) is 8.27. The fourth-order valence-corrected chi connectivity index (χ4v) is 3.26. The molecule has 5 nitrogen and oxygen atoms in total. The van der Waals surface area contributed by atoms with Gasteiger partial charge in [-0.1, -0.05) is 58.7 Å². The number of aromatic nitrogens is 4. The second-order valence-electron chi connectivity index (χ2n) is 6.01. The molecule has 1 aromatic heterocycles. The summed E-state index contributed by atoms with van der Waals surface area (Å²) in [5, 5.41) is 16.4. The molecule has 122 valence electrons. The largest absolute Gasteiger partial charge is 0.315 e. The average molecular weight is 314 g/mol. The first kappa shape index (κ1) is 18.4. The minimum atomic E-state index is 0.677. The monoisotopic (exact) mass is 313 g/mol. The number of nitrogens with one attached hydrogen (secondary N) is 1. The molecule has 0 bridgehead atoms. The predicted octanol–water partition coefficient (Wildman–Crippen LogP) is 3.23. The molecule has 0 spiro atoms. The fraction of sp³-hybridized carbons (Fsp3) is 0.933. The van der Waals surface area contributed by atoms with Crippen LogP contribution in [0.3, 0.4) is 0 Å². The molecule has 0 aromatic carbocycles. The molecule has 0 aliphatic rings. The van der Waals surface area contributed by atoms with Crippen molar-refractivity contribution in [3.63, 3.8) is 0 Å². The van der Waals surface area contributed by atoms with Gasteiger partial charge in [0.1, 0.15) is 0 Å². The highest BCUT2D eigenvalue weighted by atomic mass is 32.2. The number of nitrogens with zero attached hydrogens (tertiary/aromatic N) is 4. The van der Waals surface area contributed by atoms with Crippen molar-refractivity contribution in [1.29, 1.82) is 0 Å². The zero-order valence-electron chi connectivity index (χ0n) is 14.0. The van der Waals surface area contributed by atoms with Gasteiger partial charge in [0.15, 0.2) is 0 Å². The average Bonchev–Trinajstić information content (AvgIpc) is 2.91. The molecule has 1 heterocycles. The lowest BCUT2D eigenvalue weighted by molar-refractivity contribution is 0.479. The number of tetrazole rings is 1. The van der Waals surface area contributed by atoms with Gasteiger partial charge < -0.3 is 5.32 Å². The third kappa shape index (κ3) is 7.81. The highest BCUT2D eigenvalue weighted by molar-refractivity contribution is 7.99. The van der Waals surface area contributed by atoms with E-state index in [0.29, 0.717) is 5.92 Å². The normalized spacial score (nSPS) is 13.0. The number of hydrogen-bond donors (Lipinski definition) is 1. The van der Waals surface area contributed by atoms with Crippen molar-refractivity contribution < 1.29 is 0 Å². The van der Waals surface area contributed by atoms with Gasteiger partial charge in [-0.15, -0.1) is 5.10 Å². The number of hydrogen-bond acceptors (Lipinski definition) is 5. The molecule has 0 aliphatic heterocycles. The van der Waals surface area contributed by atoms with Crippen molar-refractivity contribution in [2.24, 2.45) is 11.8 Å². The molecule has 1 rings (SSSR count). The third-order valence-corrected chi connectivity index (χ3v) is 4.73. The van der Waals surface area contributed by atoms with Crippen LogP contribution in [-0.4, -0.2) is 39.0 Å². The van der Waals surface area contributed by atoms with E-state index >= 15 is 0 Å². The molecule has 0 amide bonds. The Hall–Kier alpha value is -0.620. The van der Waals surface area contributed by atoms with E-state index in [0.717, 1.165) is 36.5 Å². The first-order chi connectivity index (χ1) is 10.2. The number of thioether (sulfide) groups is 1. The second kappa shape index (κ2) is 11.0. The lowest BCUT2D eigenvalue weighted by Crippen LogP contribution is -2.24. The molecule has 1 aromatic rings. The van der Waals surface area contributed by atoms with Crippen LogP contribution in [0.5, 0.6) is 0 Å². The Morgan fingerprint density at radius 1 is 1.29 bits per heavy atom. The number of unbranched alkanes of at least 4 members (excludes halogenated alkanes) is 1. The van der Waals surface area contributed by atoms with Crippen molar-refractivity contribution in [3.05, 3.63) is 0 Å². The van der Waals surface area contributed by atoms with E-state index in [4.69, 9.17) is 0 Å². The van der Waals surface area contributed by atoms with Gasteiger partial charge >= 0.3 is 0 Å². The maximum absolute atomic E-state index is 4.15. The summed E-state index contributed by atoms with van der Waals surface area (Å²) in [4.78, 5) is 0. The van der Waals surface area contributed by atoms with Crippen LogP contribution in [0.2, 0.25) is 0 Å². The van der Waals surface area contributed by atoms with Gasteiger partial charge in [0.25, 0.3) is 0 Å². The van der Waals surface area contributed by atoms with Gasteiger partial charge in [-0.2, -0.15) is 0 Å². The molecule has 1 N–H and O–H groups in total. The molecular formula is C15H31N5S. The van der Waals surface area contributed by atoms with Gasteiger partial charge in [-0.25, -0.2) is 4.68 Å². The molecular weight excluding hydrogens is 282 g/mol. The van der Waals surface area contributed by atoms with Gasteiger partial charge in [-0.3, -0.25) is 0 Å². The summed E-state index contributed by atoms with van der Waals surface area (Å²) in [7, 11) is 0. The quantitative estimate of drug-likeness (QED) is 0.474. The van der Waals surface area contributed by atoms with Crippen molar-refractivity contribution >= 4 is 11.8 Å². The van der Waals surface area contributed by atoms with Crippen LogP contribution in [0, 0.1) is 11.8 Å². The van der Waals surface area contributed by atoms with Gasteiger partial charge in [0.2, 0.25) is 5.16 Å². The van der Waals surface area contributed by atoms with Crippen molar-refractivity contribution in [3.8, 4) is 0 Å². The Balaban J connectivity index is 2.33. The molecule has 0 saturated heterocycles. The maximum atomic E-state index is 4.15. The van der Waals surface area contributed by atoms with Crippen LogP contribution >= 0.6 is 11.8 Å². The number of rotatable bonds is 12. The Bertz CT molecular complexity index is 367. The summed E-state index contributed by atoms with van der Waals surface area (Å²) in [6, 6.07) is 0. The van der Waals surface area contributed by atoms with Crippen LogP contribution < -0.4 is 5.32 Å². The molecule has 0 aliphatic carbocycles. The lowest BCUT2D eigenvalue weighted by Gasteiger charge is -2.13. The van der Waals surface area contributed by atoms with E-state index in [9.17, 15) is 0 Å². The van der Waals surface area contributed by atoms with Crippen LogP contribution in [0.4, 0.5) is 0 Å². The highest BCUT2D eigenvalue weighted by Gasteiger charge is 2.11. The van der Waals surface area contributed by atoms with Crippen molar-refractivity contribution in [2.75, 3.05) is 18.8 Å². The molecule has 1 atom stereocenters. The summed E-state index contributed by atoms with van der Waals surface area (Å²) in [6.45, 7) is 11.8. The van der Waals surface area contributed by atoms with Crippen LogP contribution in [-0.2, 0) is 6.54 Å². The third-order valence-electron chi connectivity index (χ3n) is 3.54. The summed E-state index contributed by atoms with van der Waals surface area (Å²) in [5.74, 6) is 2.58. The Morgan fingerprint density at radius 2 is 2.10 bits per heavy atom. The molecule has 6 heteroatoms. The zero-order valence-corrected chi connectivity index (χ0v) is 14.8. The smallest absolute Gasteiger partial charge is 0.209 e. The van der Waals surface area contributed by atoms with Crippen LogP contribution in [0.25, 0.3) is 0 Å². The summed E-state index contributed by atoms with van der Waals surface area (Å²) < 4.78 is 1.92. The topological polar surface area (TPSA) is 55.6 Å². The Labute approximate surface area is 133 Å². The van der Waals surface area contributed by atoms with E-state index in [2.05, 4.69) is 48.5 Å². The lowest BCUT2D eigenvalue weighted by atomic mass is 10.0. The van der Waals surface area contributed by atoms with Crippen LogP contribution in [0.15, 0.2) is 5.16 Å². The van der Waals surface area contributed by atoms with E-state index in [1.165, 1.54) is 25.7 Å².